The molecule has 2 heterocycles. The van der Waals surface area contributed by atoms with E-state index in [0.29, 0.717) is 29.6 Å². The maximum Gasteiger partial charge on any atom is 0.272 e. The lowest BCUT2D eigenvalue weighted by molar-refractivity contribution is 0.0684. The number of benzene rings is 1. The standard InChI is InChI=1S/C23H29N3O2/c1-17(2)16-25-22(27)20-8-11-24-21(15-20)23(28)26-12-9-19(10-13-26)14-18-6-4-3-5-7-18/h3-8,11,15,17,19H,9-10,12-14,16H2,1-2H3,(H,25,27). The normalized spacial score (nSPS) is 14.9. The summed E-state index contributed by atoms with van der Waals surface area (Å²) >= 11 is 0. The Bertz CT molecular complexity index is 797. The molecule has 0 saturated carbocycles. The molecule has 3 rings (SSSR count). The van der Waals surface area contributed by atoms with Crippen LogP contribution in [0.4, 0.5) is 0 Å². The van der Waals surface area contributed by atoms with E-state index >= 15 is 0 Å². The number of nitrogens with zero attached hydrogens (tertiary/aromatic N) is 2. The quantitative estimate of drug-likeness (QED) is 0.835. The van der Waals surface area contributed by atoms with Gasteiger partial charge in [-0.25, -0.2) is 0 Å². The second-order valence-electron chi connectivity index (χ2n) is 7.96. The van der Waals surface area contributed by atoms with Gasteiger partial charge in [0, 0.05) is 31.4 Å². The summed E-state index contributed by atoms with van der Waals surface area (Å²) in [6.07, 6.45) is 4.59. The van der Waals surface area contributed by atoms with Crippen molar-refractivity contribution < 1.29 is 9.59 Å². The monoisotopic (exact) mass is 379 g/mol. The SMILES string of the molecule is CC(C)CNC(=O)c1ccnc(C(=O)N2CCC(Cc3ccccc3)CC2)c1. The van der Waals surface area contributed by atoms with E-state index in [-0.39, 0.29) is 11.8 Å². The number of hydrogen-bond acceptors (Lipinski definition) is 3. The van der Waals surface area contributed by atoms with Gasteiger partial charge in [-0.05, 0) is 48.8 Å². The Balaban J connectivity index is 1.56. The third-order valence-corrected chi connectivity index (χ3v) is 5.18. The van der Waals surface area contributed by atoms with Crippen LogP contribution in [0.25, 0.3) is 0 Å². The van der Waals surface area contributed by atoms with E-state index in [4.69, 9.17) is 0 Å². The van der Waals surface area contributed by atoms with Crippen molar-refractivity contribution in [3.8, 4) is 0 Å². The van der Waals surface area contributed by atoms with Gasteiger partial charge in [0.05, 0.1) is 0 Å². The van der Waals surface area contributed by atoms with E-state index in [0.717, 1.165) is 32.4 Å². The van der Waals surface area contributed by atoms with Gasteiger partial charge >= 0.3 is 0 Å². The molecule has 2 amide bonds. The molecule has 28 heavy (non-hydrogen) atoms. The number of aromatic nitrogens is 1. The summed E-state index contributed by atoms with van der Waals surface area (Å²) in [6, 6.07) is 13.8. The van der Waals surface area contributed by atoms with Crippen molar-refractivity contribution in [2.75, 3.05) is 19.6 Å². The van der Waals surface area contributed by atoms with Gasteiger partial charge in [0.15, 0.2) is 0 Å². The molecule has 0 bridgehead atoms. The predicted octanol–water partition coefficient (Wildman–Crippen LogP) is 3.56. The zero-order chi connectivity index (χ0) is 19.9. The van der Waals surface area contributed by atoms with Crippen molar-refractivity contribution in [1.29, 1.82) is 0 Å². The van der Waals surface area contributed by atoms with Gasteiger partial charge in [-0.2, -0.15) is 0 Å². The van der Waals surface area contributed by atoms with E-state index in [1.165, 1.54) is 5.56 Å². The molecule has 0 aliphatic carbocycles. The highest BCUT2D eigenvalue weighted by atomic mass is 16.2. The molecule has 5 nitrogen and oxygen atoms in total. The molecule has 1 saturated heterocycles. The third kappa shape index (κ3) is 5.41. The first kappa shape index (κ1) is 20.1. The molecule has 148 valence electrons. The number of hydrogen-bond donors (Lipinski definition) is 1. The molecule has 1 fully saturated rings. The summed E-state index contributed by atoms with van der Waals surface area (Å²) in [7, 11) is 0. The Kier molecular flexibility index (Phi) is 6.80. The van der Waals surface area contributed by atoms with Crippen LogP contribution in [0.15, 0.2) is 48.7 Å². The maximum absolute atomic E-state index is 12.8. The van der Waals surface area contributed by atoms with Gasteiger partial charge in [-0.1, -0.05) is 44.2 Å². The van der Waals surface area contributed by atoms with Crippen molar-refractivity contribution in [3.63, 3.8) is 0 Å². The van der Waals surface area contributed by atoms with Gasteiger partial charge in [-0.3, -0.25) is 14.6 Å². The van der Waals surface area contributed by atoms with Crippen molar-refractivity contribution in [3.05, 3.63) is 65.5 Å². The molecular weight excluding hydrogens is 350 g/mol. The molecule has 1 aliphatic heterocycles. The van der Waals surface area contributed by atoms with E-state index in [1.807, 2.05) is 24.8 Å². The smallest absolute Gasteiger partial charge is 0.272 e. The van der Waals surface area contributed by atoms with Gasteiger partial charge < -0.3 is 10.2 Å². The van der Waals surface area contributed by atoms with E-state index < -0.39 is 0 Å². The number of piperidine rings is 1. The number of nitrogens with one attached hydrogen (secondary N) is 1. The number of rotatable bonds is 6. The van der Waals surface area contributed by atoms with Crippen molar-refractivity contribution in [2.45, 2.75) is 33.1 Å². The molecule has 0 spiro atoms. The fourth-order valence-electron chi connectivity index (χ4n) is 3.54. The largest absolute Gasteiger partial charge is 0.352 e. The molecular formula is C23H29N3O2. The van der Waals surface area contributed by atoms with Gasteiger partial charge in [-0.15, -0.1) is 0 Å². The number of amides is 2. The fourth-order valence-corrected chi connectivity index (χ4v) is 3.54. The second kappa shape index (κ2) is 9.49. The van der Waals surface area contributed by atoms with Crippen LogP contribution >= 0.6 is 0 Å². The van der Waals surface area contributed by atoms with Crippen LogP contribution in [0.5, 0.6) is 0 Å². The second-order valence-corrected chi connectivity index (χ2v) is 7.96. The molecule has 1 N–H and O–H groups in total. The summed E-state index contributed by atoms with van der Waals surface area (Å²) in [5.41, 5.74) is 2.19. The molecule has 0 radical (unpaired) electrons. The van der Waals surface area contributed by atoms with Gasteiger partial charge in [0.1, 0.15) is 5.69 Å². The molecule has 5 heteroatoms. The number of carbonyl (C=O) groups excluding carboxylic acids is 2. The fraction of sp³-hybridized carbons (Fsp3) is 0.435. The van der Waals surface area contributed by atoms with Crippen molar-refractivity contribution >= 4 is 11.8 Å². The Morgan fingerprint density at radius 2 is 1.86 bits per heavy atom. The lowest BCUT2D eigenvalue weighted by atomic mass is 9.90. The third-order valence-electron chi connectivity index (χ3n) is 5.18. The van der Waals surface area contributed by atoms with E-state index in [9.17, 15) is 9.59 Å². The average Bonchev–Trinajstić information content (AvgIpc) is 2.73. The van der Waals surface area contributed by atoms with Crippen molar-refractivity contribution in [2.24, 2.45) is 11.8 Å². The Morgan fingerprint density at radius 1 is 1.14 bits per heavy atom. The van der Waals surface area contributed by atoms with Crippen LogP contribution in [0.1, 0.15) is 53.1 Å². The average molecular weight is 380 g/mol. The highest BCUT2D eigenvalue weighted by Crippen LogP contribution is 2.22. The first-order valence-electron chi connectivity index (χ1n) is 10.1. The molecule has 1 aromatic heterocycles. The highest BCUT2D eigenvalue weighted by molar-refractivity contribution is 5.98. The van der Waals surface area contributed by atoms with Crippen LogP contribution in [-0.4, -0.2) is 41.3 Å². The van der Waals surface area contributed by atoms with Crippen LogP contribution in [-0.2, 0) is 6.42 Å². The number of carbonyl (C=O) groups is 2. The number of pyridine rings is 1. The summed E-state index contributed by atoms with van der Waals surface area (Å²) in [6.45, 7) is 6.18. The molecule has 0 unspecified atom stereocenters. The molecule has 1 aromatic carbocycles. The maximum atomic E-state index is 12.8. The summed E-state index contributed by atoms with van der Waals surface area (Å²) in [5, 5.41) is 2.88. The minimum Gasteiger partial charge on any atom is -0.352 e. The zero-order valence-corrected chi connectivity index (χ0v) is 16.7. The summed E-state index contributed by atoms with van der Waals surface area (Å²) < 4.78 is 0. The van der Waals surface area contributed by atoms with Crippen LogP contribution < -0.4 is 5.32 Å². The van der Waals surface area contributed by atoms with E-state index in [1.54, 1.807) is 18.3 Å². The van der Waals surface area contributed by atoms with Crippen molar-refractivity contribution in [1.82, 2.24) is 15.2 Å². The summed E-state index contributed by atoms with van der Waals surface area (Å²) in [4.78, 5) is 31.2. The van der Waals surface area contributed by atoms with Crippen LogP contribution in [0.3, 0.4) is 0 Å². The Morgan fingerprint density at radius 3 is 2.54 bits per heavy atom. The van der Waals surface area contributed by atoms with Gasteiger partial charge in [0.25, 0.3) is 11.8 Å². The zero-order valence-electron chi connectivity index (χ0n) is 16.7. The lowest BCUT2D eigenvalue weighted by Crippen LogP contribution is -2.39. The number of likely N-dealkylation sites (tertiary alicyclic amines) is 1. The summed E-state index contributed by atoms with van der Waals surface area (Å²) in [5.74, 6) is 0.736. The van der Waals surface area contributed by atoms with E-state index in [2.05, 4.69) is 34.6 Å². The minimum absolute atomic E-state index is 0.0864. The lowest BCUT2D eigenvalue weighted by Gasteiger charge is -2.32. The first-order chi connectivity index (χ1) is 13.5. The Hall–Kier alpha value is -2.69. The first-order valence-corrected chi connectivity index (χ1v) is 10.1. The molecule has 1 aliphatic rings. The van der Waals surface area contributed by atoms with Gasteiger partial charge in [0.2, 0.25) is 0 Å². The minimum atomic E-state index is -0.160. The predicted molar refractivity (Wildman–Crippen MR) is 110 cm³/mol. The molecule has 2 aromatic rings. The molecule has 0 atom stereocenters. The highest BCUT2D eigenvalue weighted by Gasteiger charge is 2.25. The van der Waals surface area contributed by atoms with Crippen LogP contribution in [0.2, 0.25) is 0 Å². The topological polar surface area (TPSA) is 62.3 Å². The Labute approximate surface area is 167 Å². The van der Waals surface area contributed by atoms with Crippen LogP contribution in [0, 0.1) is 11.8 Å².